The number of Topliss-reactive ketones (excluding diaryl/α,β-unsaturated/α-hetero) is 1. The molecule has 0 rings (SSSR count). The van der Waals surface area contributed by atoms with Crippen LogP contribution in [0.4, 0.5) is 0 Å². The Balaban J connectivity index is 3.94. The number of thioether (sulfide) groups is 1. The predicted molar refractivity (Wildman–Crippen MR) is 62.1 cm³/mol. The van der Waals surface area contributed by atoms with Crippen LogP contribution in [0.25, 0.3) is 0 Å². The molecular weight excluding hydrogens is 214 g/mol. The molecule has 88 valence electrons. The molecule has 0 radical (unpaired) electrons. The number of carboxylic acid groups (broad SMARTS) is 1. The lowest BCUT2D eigenvalue weighted by molar-refractivity contribution is -0.137. The summed E-state index contributed by atoms with van der Waals surface area (Å²) in [7, 11) is 0. The van der Waals surface area contributed by atoms with E-state index in [1.165, 1.54) is 11.8 Å². The Labute approximate surface area is 94.6 Å². The Morgan fingerprint density at radius 3 is 2.47 bits per heavy atom. The maximum absolute atomic E-state index is 10.9. The highest BCUT2D eigenvalue weighted by Gasteiger charge is 2.16. The molecule has 0 heterocycles. The standard InChI is InChI=1S/C10H19NO3S/c1-3-4-8(5-7(2)12)15-6-9(11)10(13)14/h8-9H,3-6,11H2,1-2H3,(H,13,14)/t8?,9-/m0/s1. The van der Waals surface area contributed by atoms with E-state index in [9.17, 15) is 9.59 Å². The Kier molecular flexibility index (Phi) is 7.42. The number of hydrogen-bond donors (Lipinski definition) is 2. The minimum absolute atomic E-state index is 0.143. The van der Waals surface area contributed by atoms with Crippen molar-refractivity contribution < 1.29 is 14.7 Å². The van der Waals surface area contributed by atoms with Crippen LogP contribution in [-0.2, 0) is 9.59 Å². The second-order valence-corrected chi connectivity index (χ2v) is 4.93. The van der Waals surface area contributed by atoms with E-state index < -0.39 is 12.0 Å². The second kappa shape index (κ2) is 7.70. The third kappa shape index (κ3) is 7.39. The Morgan fingerprint density at radius 2 is 2.07 bits per heavy atom. The first-order valence-electron chi connectivity index (χ1n) is 5.06. The number of rotatable bonds is 8. The van der Waals surface area contributed by atoms with Crippen molar-refractivity contribution in [2.45, 2.75) is 44.4 Å². The van der Waals surface area contributed by atoms with E-state index in [2.05, 4.69) is 0 Å². The molecule has 4 nitrogen and oxygen atoms in total. The van der Waals surface area contributed by atoms with Crippen molar-refractivity contribution in [2.75, 3.05) is 5.75 Å². The normalized spacial score (nSPS) is 14.6. The van der Waals surface area contributed by atoms with Crippen molar-refractivity contribution in [1.29, 1.82) is 0 Å². The summed E-state index contributed by atoms with van der Waals surface area (Å²) < 4.78 is 0. The van der Waals surface area contributed by atoms with Crippen LogP contribution in [0.2, 0.25) is 0 Å². The molecule has 0 aliphatic heterocycles. The highest BCUT2D eigenvalue weighted by molar-refractivity contribution is 8.00. The van der Waals surface area contributed by atoms with E-state index in [0.29, 0.717) is 12.2 Å². The van der Waals surface area contributed by atoms with Gasteiger partial charge in [-0.3, -0.25) is 9.59 Å². The van der Waals surface area contributed by atoms with Crippen molar-refractivity contribution in [2.24, 2.45) is 5.73 Å². The van der Waals surface area contributed by atoms with Gasteiger partial charge in [0.25, 0.3) is 0 Å². The zero-order chi connectivity index (χ0) is 11.8. The van der Waals surface area contributed by atoms with Crippen LogP contribution < -0.4 is 5.73 Å². The SMILES string of the molecule is CCCC(CC(C)=O)SC[C@H](N)C(=O)O. The Bertz CT molecular complexity index is 221. The molecule has 15 heavy (non-hydrogen) atoms. The first kappa shape index (κ1) is 14.5. The van der Waals surface area contributed by atoms with Gasteiger partial charge < -0.3 is 10.8 Å². The molecular formula is C10H19NO3S. The molecule has 2 atom stereocenters. The van der Waals surface area contributed by atoms with Gasteiger partial charge in [0, 0.05) is 17.4 Å². The molecule has 3 N–H and O–H groups in total. The molecule has 0 spiro atoms. The fraction of sp³-hybridized carbons (Fsp3) is 0.800. The molecule has 0 aliphatic carbocycles. The molecule has 1 unspecified atom stereocenters. The van der Waals surface area contributed by atoms with Crippen LogP contribution in [0, 0.1) is 0 Å². The van der Waals surface area contributed by atoms with Crippen molar-refractivity contribution in [3.63, 3.8) is 0 Å². The molecule has 0 aliphatic rings. The lowest BCUT2D eigenvalue weighted by Crippen LogP contribution is -2.33. The van der Waals surface area contributed by atoms with Gasteiger partial charge in [-0.25, -0.2) is 0 Å². The summed E-state index contributed by atoms with van der Waals surface area (Å²) in [6.45, 7) is 3.60. The maximum atomic E-state index is 10.9. The summed E-state index contributed by atoms with van der Waals surface area (Å²) in [5.41, 5.74) is 5.39. The number of carbonyl (C=O) groups excluding carboxylic acids is 1. The third-order valence-corrected chi connectivity index (χ3v) is 3.38. The average Bonchev–Trinajstić information content (AvgIpc) is 2.13. The van der Waals surface area contributed by atoms with Gasteiger partial charge >= 0.3 is 5.97 Å². The topological polar surface area (TPSA) is 80.4 Å². The summed E-state index contributed by atoms with van der Waals surface area (Å²) in [6, 6.07) is -0.832. The van der Waals surface area contributed by atoms with Gasteiger partial charge in [-0.2, -0.15) is 11.8 Å². The summed E-state index contributed by atoms with van der Waals surface area (Å²) in [5, 5.41) is 8.81. The summed E-state index contributed by atoms with van der Waals surface area (Å²) >= 11 is 1.48. The first-order chi connectivity index (χ1) is 6.97. The third-order valence-electron chi connectivity index (χ3n) is 1.95. The number of carbonyl (C=O) groups is 2. The van der Waals surface area contributed by atoms with Crippen LogP contribution in [0.15, 0.2) is 0 Å². The van der Waals surface area contributed by atoms with Gasteiger partial charge in [-0.1, -0.05) is 13.3 Å². The average molecular weight is 233 g/mol. The van der Waals surface area contributed by atoms with Crippen LogP contribution in [0.3, 0.4) is 0 Å². The van der Waals surface area contributed by atoms with E-state index in [0.717, 1.165) is 12.8 Å². The molecule has 0 aromatic carbocycles. The zero-order valence-electron chi connectivity index (χ0n) is 9.23. The number of ketones is 1. The maximum Gasteiger partial charge on any atom is 0.321 e. The highest BCUT2D eigenvalue weighted by atomic mass is 32.2. The van der Waals surface area contributed by atoms with Crippen LogP contribution in [0.5, 0.6) is 0 Å². The largest absolute Gasteiger partial charge is 0.480 e. The fourth-order valence-corrected chi connectivity index (χ4v) is 2.57. The molecule has 0 amide bonds. The molecule has 0 fully saturated rings. The van der Waals surface area contributed by atoms with Crippen LogP contribution in [0.1, 0.15) is 33.1 Å². The summed E-state index contributed by atoms with van der Waals surface area (Å²) in [6.07, 6.45) is 2.43. The van der Waals surface area contributed by atoms with Gasteiger partial charge in [-0.05, 0) is 13.3 Å². The Hall–Kier alpha value is -0.550. The van der Waals surface area contributed by atoms with E-state index in [1.54, 1.807) is 6.92 Å². The van der Waals surface area contributed by atoms with Crippen molar-refractivity contribution in [1.82, 2.24) is 0 Å². The minimum Gasteiger partial charge on any atom is -0.480 e. The highest BCUT2D eigenvalue weighted by Crippen LogP contribution is 2.20. The molecule has 0 aromatic heterocycles. The minimum atomic E-state index is -0.986. The number of aliphatic carboxylic acids is 1. The Morgan fingerprint density at radius 1 is 1.47 bits per heavy atom. The number of nitrogens with two attached hydrogens (primary N) is 1. The first-order valence-corrected chi connectivity index (χ1v) is 6.11. The molecule has 0 aromatic rings. The van der Waals surface area contributed by atoms with Gasteiger partial charge in [-0.15, -0.1) is 0 Å². The molecule has 0 bridgehead atoms. The van der Waals surface area contributed by atoms with Crippen LogP contribution >= 0.6 is 11.8 Å². The predicted octanol–water partition coefficient (Wildman–Crippen LogP) is 1.28. The van der Waals surface area contributed by atoms with Crippen molar-refractivity contribution >= 4 is 23.5 Å². The van der Waals surface area contributed by atoms with E-state index >= 15 is 0 Å². The molecule has 0 saturated carbocycles. The van der Waals surface area contributed by atoms with Gasteiger partial charge in [0.2, 0.25) is 0 Å². The molecule has 0 saturated heterocycles. The lowest BCUT2D eigenvalue weighted by Gasteiger charge is -2.15. The van der Waals surface area contributed by atoms with E-state index in [4.69, 9.17) is 10.8 Å². The fourth-order valence-electron chi connectivity index (χ4n) is 1.20. The van der Waals surface area contributed by atoms with Gasteiger partial charge in [0.1, 0.15) is 11.8 Å². The summed E-state index contributed by atoms with van der Waals surface area (Å²) in [4.78, 5) is 21.4. The quantitative estimate of drug-likeness (QED) is 0.660. The van der Waals surface area contributed by atoms with E-state index in [-0.39, 0.29) is 11.0 Å². The molecule has 5 heteroatoms. The number of carboxylic acids is 1. The lowest BCUT2D eigenvalue weighted by atomic mass is 10.1. The van der Waals surface area contributed by atoms with E-state index in [1.807, 2.05) is 6.92 Å². The van der Waals surface area contributed by atoms with Crippen molar-refractivity contribution in [3.05, 3.63) is 0 Å². The number of hydrogen-bond acceptors (Lipinski definition) is 4. The van der Waals surface area contributed by atoms with Gasteiger partial charge in [0.05, 0.1) is 0 Å². The zero-order valence-corrected chi connectivity index (χ0v) is 10.0. The van der Waals surface area contributed by atoms with Crippen molar-refractivity contribution in [3.8, 4) is 0 Å². The monoisotopic (exact) mass is 233 g/mol. The smallest absolute Gasteiger partial charge is 0.321 e. The van der Waals surface area contributed by atoms with Gasteiger partial charge in [0.15, 0.2) is 0 Å². The van der Waals surface area contributed by atoms with Crippen LogP contribution in [-0.4, -0.2) is 33.9 Å². The summed E-state index contributed by atoms with van der Waals surface area (Å²) in [5.74, 6) is -0.474. The second-order valence-electron chi connectivity index (χ2n) is 3.59.